The van der Waals surface area contributed by atoms with Crippen molar-refractivity contribution < 1.29 is 14.3 Å². The highest BCUT2D eigenvalue weighted by Crippen LogP contribution is 1.84. The molecule has 86 valence electrons. The summed E-state index contributed by atoms with van der Waals surface area (Å²) < 4.78 is 4.29. The standard InChI is InChI=1S/C8H9N3O5/c1-16-6(13)3-9-7(14)4-2-5(12)11-8(15)10-4/h2H,3H2,1H3,(H,9,14)(H2,10,11,12,15). The number of carbonyl (C=O) groups excluding carboxylic acids is 2. The Morgan fingerprint density at radius 1 is 1.38 bits per heavy atom. The first-order chi connectivity index (χ1) is 7.52. The molecule has 1 amide bonds. The van der Waals surface area contributed by atoms with Gasteiger partial charge in [-0.2, -0.15) is 0 Å². The lowest BCUT2D eigenvalue weighted by atomic mass is 10.4. The van der Waals surface area contributed by atoms with E-state index in [4.69, 9.17) is 0 Å². The Labute approximate surface area is 88.6 Å². The molecular weight excluding hydrogens is 218 g/mol. The lowest BCUT2D eigenvalue weighted by molar-refractivity contribution is -0.139. The fourth-order valence-electron chi connectivity index (χ4n) is 0.911. The predicted molar refractivity (Wildman–Crippen MR) is 52.0 cm³/mol. The minimum atomic E-state index is -0.796. The molecule has 8 heteroatoms. The molecule has 0 radical (unpaired) electrons. The zero-order valence-electron chi connectivity index (χ0n) is 8.33. The van der Waals surface area contributed by atoms with Crippen molar-refractivity contribution in [3.63, 3.8) is 0 Å². The van der Waals surface area contributed by atoms with Crippen LogP contribution in [-0.4, -0.2) is 35.5 Å². The molecule has 1 heterocycles. The summed E-state index contributed by atoms with van der Waals surface area (Å²) in [7, 11) is 1.17. The predicted octanol–water partition coefficient (Wildman–Crippen LogP) is -2.03. The third-order valence-electron chi connectivity index (χ3n) is 1.63. The fourth-order valence-corrected chi connectivity index (χ4v) is 0.911. The lowest BCUT2D eigenvalue weighted by Crippen LogP contribution is -2.34. The number of rotatable bonds is 3. The van der Waals surface area contributed by atoms with E-state index in [2.05, 4.69) is 15.0 Å². The Morgan fingerprint density at radius 2 is 2.06 bits per heavy atom. The van der Waals surface area contributed by atoms with E-state index in [1.807, 2.05) is 4.98 Å². The quantitative estimate of drug-likeness (QED) is 0.514. The van der Waals surface area contributed by atoms with Crippen molar-refractivity contribution in [1.82, 2.24) is 15.3 Å². The van der Waals surface area contributed by atoms with Crippen LogP contribution in [0.5, 0.6) is 0 Å². The highest BCUT2D eigenvalue weighted by atomic mass is 16.5. The van der Waals surface area contributed by atoms with Crippen LogP contribution in [0.15, 0.2) is 15.7 Å². The topological polar surface area (TPSA) is 121 Å². The van der Waals surface area contributed by atoms with E-state index in [9.17, 15) is 19.2 Å². The molecule has 0 aromatic carbocycles. The number of H-pyrrole nitrogens is 2. The summed E-state index contributed by atoms with van der Waals surface area (Å²) in [6.45, 7) is -0.343. The van der Waals surface area contributed by atoms with Gasteiger partial charge in [0, 0.05) is 6.07 Å². The molecule has 0 spiro atoms. The largest absolute Gasteiger partial charge is 0.468 e. The Bertz CT molecular complexity index is 487. The Kier molecular flexibility index (Phi) is 3.59. The number of esters is 1. The highest BCUT2D eigenvalue weighted by Gasteiger charge is 2.09. The summed E-state index contributed by atoms with van der Waals surface area (Å²) in [6, 6.07) is 0.911. The van der Waals surface area contributed by atoms with Gasteiger partial charge in [0.15, 0.2) is 0 Å². The minimum Gasteiger partial charge on any atom is -0.468 e. The number of ether oxygens (including phenoxy) is 1. The highest BCUT2D eigenvalue weighted by molar-refractivity contribution is 5.93. The first-order valence-electron chi connectivity index (χ1n) is 4.21. The summed E-state index contributed by atoms with van der Waals surface area (Å²) in [4.78, 5) is 47.7. The van der Waals surface area contributed by atoms with Crippen LogP contribution in [0.25, 0.3) is 0 Å². The van der Waals surface area contributed by atoms with Gasteiger partial charge in [-0.1, -0.05) is 0 Å². The van der Waals surface area contributed by atoms with Crippen LogP contribution in [-0.2, 0) is 9.53 Å². The maximum atomic E-state index is 11.3. The van der Waals surface area contributed by atoms with E-state index >= 15 is 0 Å². The molecule has 1 aromatic heterocycles. The molecule has 3 N–H and O–H groups in total. The fraction of sp³-hybridized carbons (Fsp3) is 0.250. The number of carbonyl (C=O) groups is 2. The van der Waals surface area contributed by atoms with Crippen molar-refractivity contribution in [1.29, 1.82) is 0 Å². The molecule has 16 heavy (non-hydrogen) atoms. The van der Waals surface area contributed by atoms with E-state index in [1.165, 1.54) is 7.11 Å². The second kappa shape index (κ2) is 4.91. The van der Waals surface area contributed by atoms with Crippen LogP contribution in [0.2, 0.25) is 0 Å². The van der Waals surface area contributed by atoms with Gasteiger partial charge in [-0.25, -0.2) is 4.79 Å². The van der Waals surface area contributed by atoms with Gasteiger partial charge in [-0.05, 0) is 0 Å². The Hall–Kier alpha value is -2.38. The van der Waals surface area contributed by atoms with Crippen LogP contribution >= 0.6 is 0 Å². The summed E-state index contributed by atoms with van der Waals surface area (Å²) in [5.74, 6) is -1.38. The molecule has 0 atom stereocenters. The molecule has 1 aromatic rings. The number of aromatic amines is 2. The third-order valence-corrected chi connectivity index (χ3v) is 1.63. The average molecular weight is 227 g/mol. The van der Waals surface area contributed by atoms with Crippen LogP contribution in [0.1, 0.15) is 10.5 Å². The number of aromatic nitrogens is 2. The van der Waals surface area contributed by atoms with E-state index in [0.29, 0.717) is 0 Å². The normalized spacial score (nSPS) is 9.56. The summed E-state index contributed by atoms with van der Waals surface area (Å²) >= 11 is 0. The van der Waals surface area contributed by atoms with Crippen molar-refractivity contribution >= 4 is 11.9 Å². The average Bonchev–Trinajstić information content (AvgIpc) is 2.23. The molecule has 0 saturated carbocycles. The van der Waals surface area contributed by atoms with Crippen molar-refractivity contribution in [2.45, 2.75) is 0 Å². The maximum absolute atomic E-state index is 11.3. The lowest BCUT2D eigenvalue weighted by Gasteiger charge is -2.02. The SMILES string of the molecule is COC(=O)CNC(=O)c1cc(=O)[nH]c(=O)[nH]1. The van der Waals surface area contributed by atoms with Crippen molar-refractivity contribution in [3.05, 3.63) is 32.6 Å². The zero-order chi connectivity index (χ0) is 12.1. The Balaban J connectivity index is 2.77. The summed E-state index contributed by atoms with van der Waals surface area (Å²) in [5.41, 5.74) is -1.72. The van der Waals surface area contributed by atoms with E-state index in [-0.39, 0.29) is 12.2 Å². The van der Waals surface area contributed by atoms with E-state index < -0.39 is 23.1 Å². The second-order valence-corrected chi connectivity index (χ2v) is 2.76. The smallest absolute Gasteiger partial charge is 0.326 e. The van der Waals surface area contributed by atoms with Crippen LogP contribution in [0.4, 0.5) is 0 Å². The molecule has 1 rings (SSSR count). The number of hydrogen-bond acceptors (Lipinski definition) is 5. The molecule has 0 unspecified atom stereocenters. The molecule has 0 fully saturated rings. The van der Waals surface area contributed by atoms with Gasteiger partial charge in [-0.3, -0.25) is 19.4 Å². The minimum absolute atomic E-state index is 0.224. The Morgan fingerprint density at radius 3 is 2.62 bits per heavy atom. The van der Waals surface area contributed by atoms with Crippen molar-refractivity contribution in [2.75, 3.05) is 13.7 Å². The molecule has 8 nitrogen and oxygen atoms in total. The summed E-state index contributed by atoms with van der Waals surface area (Å²) in [6.07, 6.45) is 0. The monoisotopic (exact) mass is 227 g/mol. The van der Waals surface area contributed by atoms with Crippen LogP contribution in [0, 0.1) is 0 Å². The molecule has 0 aliphatic rings. The number of hydrogen-bond donors (Lipinski definition) is 3. The van der Waals surface area contributed by atoms with Gasteiger partial charge in [-0.15, -0.1) is 0 Å². The third kappa shape index (κ3) is 3.08. The van der Waals surface area contributed by atoms with E-state index in [0.717, 1.165) is 6.07 Å². The van der Waals surface area contributed by atoms with Gasteiger partial charge in [0.05, 0.1) is 7.11 Å². The summed E-state index contributed by atoms with van der Waals surface area (Å²) in [5, 5.41) is 2.17. The van der Waals surface area contributed by atoms with Crippen LogP contribution in [0.3, 0.4) is 0 Å². The van der Waals surface area contributed by atoms with Gasteiger partial charge in [0.25, 0.3) is 11.5 Å². The maximum Gasteiger partial charge on any atom is 0.326 e. The van der Waals surface area contributed by atoms with Crippen LogP contribution < -0.4 is 16.6 Å². The van der Waals surface area contributed by atoms with Gasteiger partial charge < -0.3 is 15.0 Å². The first-order valence-corrected chi connectivity index (χ1v) is 4.21. The zero-order valence-corrected chi connectivity index (χ0v) is 8.33. The van der Waals surface area contributed by atoms with E-state index in [1.54, 1.807) is 0 Å². The molecule has 0 bridgehead atoms. The first kappa shape index (κ1) is 11.7. The number of amides is 1. The molecule has 0 aliphatic heterocycles. The molecule has 0 aliphatic carbocycles. The van der Waals surface area contributed by atoms with Crippen molar-refractivity contribution in [3.8, 4) is 0 Å². The van der Waals surface area contributed by atoms with Gasteiger partial charge in [0.2, 0.25) is 0 Å². The van der Waals surface area contributed by atoms with Crippen molar-refractivity contribution in [2.24, 2.45) is 0 Å². The van der Waals surface area contributed by atoms with Gasteiger partial charge in [0.1, 0.15) is 12.2 Å². The number of nitrogens with one attached hydrogen (secondary N) is 3. The molecule has 0 saturated heterocycles. The second-order valence-electron chi connectivity index (χ2n) is 2.76. The van der Waals surface area contributed by atoms with Gasteiger partial charge >= 0.3 is 11.7 Å². The molecular formula is C8H9N3O5. The number of methoxy groups -OCH3 is 1.